The zero-order valence-corrected chi connectivity index (χ0v) is 23.4. The number of aliphatic carboxylic acids is 1. The zero-order chi connectivity index (χ0) is 28.5. The van der Waals surface area contributed by atoms with E-state index < -0.39 is 12.1 Å². The van der Waals surface area contributed by atoms with Crippen molar-refractivity contribution in [2.24, 2.45) is 0 Å². The van der Waals surface area contributed by atoms with Crippen LogP contribution in [0.15, 0.2) is 42.5 Å². The highest BCUT2D eigenvalue weighted by atomic mass is 35.5. The third kappa shape index (κ3) is 11.0. The normalized spacial score (nSPS) is 21.9. The average Bonchev–Trinajstić information content (AvgIpc) is 3.49. The molecule has 0 unspecified atom stereocenters. The van der Waals surface area contributed by atoms with Crippen molar-refractivity contribution < 1.29 is 29.6 Å². The summed E-state index contributed by atoms with van der Waals surface area (Å²) in [4.78, 5) is 10.1. The number of carboxylic acids is 1. The summed E-state index contributed by atoms with van der Waals surface area (Å²) < 4.78 is 11.4. The van der Waals surface area contributed by atoms with Gasteiger partial charge in [0.05, 0.1) is 31.5 Å². The lowest BCUT2D eigenvalue weighted by Gasteiger charge is -2.32. The van der Waals surface area contributed by atoms with Crippen LogP contribution in [0.2, 0.25) is 5.02 Å². The number of carbonyl (C=O) groups is 1. The Kier molecular flexibility index (Phi) is 16.4. The second-order valence-corrected chi connectivity index (χ2v) is 9.05. The predicted octanol–water partition coefficient (Wildman–Crippen LogP) is 5.00. The highest BCUT2D eigenvalue weighted by Crippen LogP contribution is 2.33. The number of halogens is 1. The van der Waals surface area contributed by atoms with Gasteiger partial charge in [0.15, 0.2) is 0 Å². The lowest BCUT2D eigenvalue weighted by molar-refractivity contribution is -0.139. The van der Waals surface area contributed by atoms with E-state index in [9.17, 15) is 15.0 Å². The predicted molar refractivity (Wildman–Crippen MR) is 152 cm³/mol. The van der Waals surface area contributed by atoms with E-state index >= 15 is 0 Å². The van der Waals surface area contributed by atoms with Gasteiger partial charge in [0.1, 0.15) is 11.8 Å². The third-order valence-corrected chi connectivity index (χ3v) is 6.38. The largest absolute Gasteiger partial charge is 0.494 e. The van der Waals surface area contributed by atoms with Gasteiger partial charge in [0.25, 0.3) is 0 Å². The van der Waals surface area contributed by atoms with Crippen molar-refractivity contribution in [1.82, 2.24) is 5.32 Å². The molecular weight excluding hydrogens is 506 g/mol. The van der Waals surface area contributed by atoms with Crippen molar-refractivity contribution in [3.05, 3.63) is 64.2 Å². The molecule has 2 aromatic carbocycles. The van der Waals surface area contributed by atoms with Crippen molar-refractivity contribution >= 4 is 17.6 Å². The topological polar surface area (TPSA) is 108 Å². The van der Waals surface area contributed by atoms with E-state index in [1.165, 1.54) is 0 Å². The first-order chi connectivity index (χ1) is 18.4. The molecular formula is C30H42ClNO6. The van der Waals surface area contributed by atoms with Gasteiger partial charge >= 0.3 is 5.97 Å². The third-order valence-electron chi connectivity index (χ3n) is 6.01. The maximum absolute atomic E-state index is 10.1. The Hall–Kier alpha value is -2.60. The van der Waals surface area contributed by atoms with Crippen molar-refractivity contribution in [1.29, 1.82) is 0 Å². The van der Waals surface area contributed by atoms with Crippen LogP contribution in [0.5, 0.6) is 5.75 Å². The number of hydrogen-bond donors (Lipinski definition) is 4. The maximum Gasteiger partial charge on any atom is 0.320 e. The Morgan fingerprint density at radius 1 is 1.16 bits per heavy atom. The van der Waals surface area contributed by atoms with E-state index in [-0.39, 0.29) is 24.9 Å². The molecule has 2 fully saturated rings. The summed E-state index contributed by atoms with van der Waals surface area (Å²) in [5.41, 5.74) is 3.13. The molecule has 4 atom stereocenters. The van der Waals surface area contributed by atoms with E-state index in [0.29, 0.717) is 30.9 Å². The number of rotatable bonds is 7. The highest BCUT2D eigenvalue weighted by Gasteiger charge is 2.29. The smallest absolute Gasteiger partial charge is 0.320 e. The molecule has 7 nitrogen and oxygen atoms in total. The number of ether oxygens (including phenoxy) is 2. The number of terminal acetylenes is 1. The monoisotopic (exact) mass is 547 g/mol. The molecule has 0 saturated carbocycles. The summed E-state index contributed by atoms with van der Waals surface area (Å²) in [6.07, 6.45) is 10.5. The number of aliphatic hydroxyl groups is 2. The van der Waals surface area contributed by atoms with Crippen molar-refractivity contribution in [2.75, 3.05) is 19.8 Å². The number of aliphatic hydroxyl groups excluding tert-OH is 2. The summed E-state index contributed by atoms with van der Waals surface area (Å²) in [5, 5.41) is 31.3. The molecule has 4 rings (SSSR count). The maximum atomic E-state index is 10.1. The van der Waals surface area contributed by atoms with Crippen LogP contribution in [-0.2, 0) is 16.0 Å². The van der Waals surface area contributed by atoms with Gasteiger partial charge in [0, 0.05) is 17.9 Å². The van der Waals surface area contributed by atoms with Gasteiger partial charge in [-0.05, 0) is 67.6 Å². The van der Waals surface area contributed by atoms with Gasteiger partial charge in [-0.1, -0.05) is 49.7 Å². The Labute approximate surface area is 232 Å². The van der Waals surface area contributed by atoms with Crippen LogP contribution in [0.25, 0.3) is 0 Å². The van der Waals surface area contributed by atoms with E-state index in [4.69, 9.17) is 26.2 Å². The molecule has 0 spiro atoms. The van der Waals surface area contributed by atoms with Gasteiger partial charge in [-0.25, -0.2) is 0 Å². The quantitative estimate of drug-likeness (QED) is 0.361. The Balaban J connectivity index is 0.000000505. The van der Waals surface area contributed by atoms with Crippen molar-refractivity contribution in [3.8, 4) is 18.6 Å². The van der Waals surface area contributed by atoms with Gasteiger partial charge in [-0.15, -0.1) is 12.8 Å². The Morgan fingerprint density at radius 2 is 1.84 bits per heavy atom. The average molecular weight is 548 g/mol. The molecule has 210 valence electrons. The summed E-state index contributed by atoms with van der Waals surface area (Å²) in [5.74, 6) is 0.137. The number of benzene rings is 2. The van der Waals surface area contributed by atoms with Gasteiger partial charge in [0.2, 0.25) is 0 Å². The van der Waals surface area contributed by atoms with Crippen LogP contribution < -0.4 is 10.1 Å². The minimum Gasteiger partial charge on any atom is -0.494 e. The van der Waals surface area contributed by atoms with Crippen LogP contribution in [0.3, 0.4) is 0 Å². The molecule has 0 bridgehead atoms. The lowest BCUT2D eigenvalue weighted by atomic mass is 9.94. The number of hydrogen-bond acceptors (Lipinski definition) is 6. The second-order valence-electron chi connectivity index (χ2n) is 8.65. The van der Waals surface area contributed by atoms with Crippen LogP contribution >= 0.6 is 11.6 Å². The van der Waals surface area contributed by atoms with Gasteiger partial charge < -0.3 is 30.1 Å². The Morgan fingerprint density at radius 3 is 2.37 bits per heavy atom. The van der Waals surface area contributed by atoms with Crippen LogP contribution in [-0.4, -0.2) is 59.3 Å². The summed E-state index contributed by atoms with van der Waals surface area (Å²) in [6.45, 7) is 7.39. The first kappa shape index (κ1) is 33.4. The standard InChI is InChI=1S/C21H25ClO4.C5H9NO2.C2H6.C2H2/c1-2-25-18-6-3-14(4-7-18)9-16-10-15(5-8-20(16)22)21-12-17(24)11-19(13-23)26-21;7-5(8)4-2-1-3-6-4;2*1-2/h3-8,10,17,19,21,23-24H,2,9,11-13H2,1H3;4,6H,1-3H2,(H,7,8);1-2H3;1-2H/t17-,19-,21+;4-;;/m00../s1. The van der Waals surface area contributed by atoms with E-state index in [0.717, 1.165) is 41.8 Å². The fourth-order valence-electron chi connectivity index (χ4n) is 4.24. The molecule has 8 heteroatoms. The molecule has 0 aliphatic carbocycles. The molecule has 2 saturated heterocycles. The summed E-state index contributed by atoms with van der Waals surface area (Å²) in [6, 6.07) is 13.6. The van der Waals surface area contributed by atoms with E-state index in [2.05, 4.69) is 18.2 Å². The second kappa shape index (κ2) is 18.6. The van der Waals surface area contributed by atoms with Crippen LogP contribution in [0.4, 0.5) is 0 Å². The van der Waals surface area contributed by atoms with Gasteiger partial charge in [-0.3, -0.25) is 4.79 Å². The van der Waals surface area contributed by atoms with E-state index in [1.54, 1.807) is 0 Å². The molecule has 2 aliphatic heterocycles. The zero-order valence-electron chi connectivity index (χ0n) is 22.6. The molecule has 2 aromatic rings. The lowest BCUT2D eigenvalue weighted by Crippen LogP contribution is -2.33. The van der Waals surface area contributed by atoms with Crippen LogP contribution in [0, 0.1) is 12.8 Å². The van der Waals surface area contributed by atoms with E-state index in [1.807, 2.05) is 63.2 Å². The SMILES string of the molecule is C#C.CC.CCOc1ccc(Cc2cc([C@H]3C[C@@H](O)C[C@@H](CO)O3)ccc2Cl)cc1.O=C(O)[C@@H]1CCCN1. The first-order valence-corrected chi connectivity index (χ1v) is 13.5. The van der Waals surface area contributed by atoms with Crippen molar-refractivity contribution in [3.63, 3.8) is 0 Å². The molecule has 38 heavy (non-hydrogen) atoms. The van der Waals surface area contributed by atoms with Crippen LogP contribution in [0.1, 0.15) is 69.2 Å². The number of carboxylic acid groups (broad SMARTS) is 1. The Bertz CT molecular complexity index is 959. The first-order valence-electron chi connectivity index (χ1n) is 13.1. The summed E-state index contributed by atoms with van der Waals surface area (Å²) in [7, 11) is 0. The minimum atomic E-state index is -0.720. The molecule has 0 amide bonds. The molecule has 0 aromatic heterocycles. The van der Waals surface area contributed by atoms with Crippen molar-refractivity contribution in [2.45, 2.75) is 77.2 Å². The molecule has 0 radical (unpaired) electrons. The molecule has 2 heterocycles. The summed E-state index contributed by atoms with van der Waals surface area (Å²) >= 11 is 6.40. The minimum absolute atomic E-state index is 0.0831. The highest BCUT2D eigenvalue weighted by molar-refractivity contribution is 6.31. The fraction of sp³-hybridized carbons (Fsp3) is 0.500. The number of nitrogens with one attached hydrogen (secondary N) is 1. The fourth-order valence-corrected chi connectivity index (χ4v) is 4.42. The molecule has 4 N–H and O–H groups in total. The molecule has 2 aliphatic rings. The van der Waals surface area contributed by atoms with Gasteiger partial charge in [-0.2, -0.15) is 0 Å².